The Morgan fingerprint density at radius 3 is 2.80 bits per heavy atom. The summed E-state index contributed by atoms with van der Waals surface area (Å²) >= 11 is 0. The maximum atomic E-state index is 12.2. The van der Waals surface area contributed by atoms with Gasteiger partial charge in [-0.25, -0.2) is 18.1 Å². The van der Waals surface area contributed by atoms with Crippen LogP contribution in [0, 0.1) is 0 Å². The van der Waals surface area contributed by atoms with Gasteiger partial charge in [-0.05, 0) is 38.9 Å². The van der Waals surface area contributed by atoms with Gasteiger partial charge in [-0.2, -0.15) is 0 Å². The van der Waals surface area contributed by atoms with Crippen LogP contribution in [0.25, 0.3) is 0 Å². The van der Waals surface area contributed by atoms with Gasteiger partial charge in [-0.15, -0.1) is 0 Å². The molecule has 0 amide bonds. The van der Waals surface area contributed by atoms with Crippen molar-refractivity contribution in [1.29, 1.82) is 0 Å². The lowest BCUT2D eigenvalue weighted by Crippen LogP contribution is -2.33. The Bertz CT molecular complexity index is 527. The van der Waals surface area contributed by atoms with E-state index < -0.39 is 10.0 Å². The fourth-order valence-electron chi connectivity index (χ4n) is 2.28. The summed E-state index contributed by atoms with van der Waals surface area (Å²) in [5, 5.41) is 3.01. The van der Waals surface area contributed by atoms with Crippen LogP contribution < -0.4 is 10.0 Å². The summed E-state index contributed by atoms with van der Waals surface area (Å²) in [7, 11) is -3.45. The molecule has 0 bridgehead atoms. The van der Waals surface area contributed by atoms with E-state index >= 15 is 0 Å². The molecule has 0 aliphatic carbocycles. The summed E-state index contributed by atoms with van der Waals surface area (Å²) < 4.78 is 27.0. The smallest absolute Gasteiger partial charge is 0.240 e. The van der Waals surface area contributed by atoms with Gasteiger partial charge in [0, 0.05) is 31.9 Å². The van der Waals surface area contributed by atoms with Gasteiger partial charge < -0.3 is 10.2 Å². The number of pyridine rings is 1. The van der Waals surface area contributed by atoms with Gasteiger partial charge in [0.25, 0.3) is 0 Å². The normalized spacial score (nSPS) is 16.4. The maximum Gasteiger partial charge on any atom is 0.240 e. The zero-order valence-corrected chi connectivity index (χ0v) is 12.6. The molecule has 2 N–H and O–H groups in total. The second-order valence-electron chi connectivity index (χ2n) is 4.85. The molecule has 0 radical (unpaired) electrons. The molecule has 7 heteroatoms. The van der Waals surface area contributed by atoms with E-state index in [0.717, 1.165) is 19.6 Å². The van der Waals surface area contributed by atoms with Crippen molar-refractivity contribution in [3.63, 3.8) is 0 Å². The van der Waals surface area contributed by atoms with E-state index in [2.05, 4.69) is 19.9 Å². The number of hydrogen-bond donors (Lipinski definition) is 2. The second kappa shape index (κ2) is 7.01. The minimum Gasteiger partial charge on any atom is -0.370 e. The quantitative estimate of drug-likeness (QED) is 0.782. The summed E-state index contributed by atoms with van der Waals surface area (Å²) in [5.74, 6) is 0.579. The fraction of sp³-hybridized carbons (Fsp3) is 0.615. The molecule has 1 aromatic rings. The van der Waals surface area contributed by atoms with Crippen LogP contribution in [0.2, 0.25) is 0 Å². The van der Waals surface area contributed by atoms with Crippen LogP contribution in [0.4, 0.5) is 5.82 Å². The SMILES string of the molecule is CCNc1cc(S(=O)(=O)NCCN2CCCC2)ccn1. The van der Waals surface area contributed by atoms with E-state index in [4.69, 9.17) is 0 Å². The lowest BCUT2D eigenvalue weighted by atomic mass is 10.4. The molecule has 1 aliphatic heterocycles. The molecule has 1 aromatic heterocycles. The van der Waals surface area contributed by atoms with E-state index in [1.807, 2.05) is 6.92 Å². The standard InChI is InChI=1S/C13H22N4O2S/c1-2-14-13-11-12(5-6-15-13)20(18,19)16-7-10-17-8-3-4-9-17/h5-6,11,16H,2-4,7-10H2,1H3,(H,14,15). The predicted octanol–water partition coefficient (Wildman–Crippen LogP) is 0.887. The Morgan fingerprint density at radius 2 is 2.10 bits per heavy atom. The molecule has 0 unspecified atom stereocenters. The topological polar surface area (TPSA) is 74.3 Å². The summed E-state index contributed by atoms with van der Waals surface area (Å²) in [6.45, 7) is 6.00. The molecule has 1 saturated heterocycles. The molecule has 20 heavy (non-hydrogen) atoms. The summed E-state index contributed by atoms with van der Waals surface area (Å²) in [6.07, 6.45) is 3.93. The molecule has 6 nitrogen and oxygen atoms in total. The maximum absolute atomic E-state index is 12.2. The Kier molecular flexibility index (Phi) is 5.33. The number of sulfonamides is 1. The monoisotopic (exact) mass is 298 g/mol. The highest BCUT2D eigenvalue weighted by Crippen LogP contribution is 2.12. The third-order valence-electron chi connectivity index (χ3n) is 3.32. The van der Waals surface area contributed by atoms with E-state index in [1.54, 1.807) is 6.07 Å². The van der Waals surface area contributed by atoms with Crippen molar-refractivity contribution in [3.05, 3.63) is 18.3 Å². The Labute approximate surface area is 120 Å². The molecular formula is C13H22N4O2S. The van der Waals surface area contributed by atoms with Gasteiger partial charge in [-0.1, -0.05) is 0 Å². The largest absolute Gasteiger partial charge is 0.370 e. The number of nitrogens with zero attached hydrogens (tertiary/aromatic N) is 2. The van der Waals surface area contributed by atoms with Crippen LogP contribution in [-0.2, 0) is 10.0 Å². The zero-order valence-electron chi connectivity index (χ0n) is 11.8. The summed E-state index contributed by atoms with van der Waals surface area (Å²) in [6, 6.07) is 3.07. The van der Waals surface area contributed by atoms with E-state index in [-0.39, 0.29) is 4.90 Å². The molecule has 2 rings (SSSR count). The molecular weight excluding hydrogens is 276 g/mol. The minimum atomic E-state index is -3.45. The molecule has 112 valence electrons. The van der Waals surface area contributed by atoms with Gasteiger partial charge >= 0.3 is 0 Å². The lowest BCUT2D eigenvalue weighted by Gasteiger charge is -2.15. The Balaban J connectivity index is 1.93. The number of hydrogen-bond acceptors (Lipinski definition) is 5. The third kappa shape index (κ3) is 4.16. The summed E-state index contributed by atoms with van der Waals surface area (Å²) in [5.41, 5.74) is 0. The number of rotatable bonds is 7. The highest BCUT2D eigenvalue weighted by molar-refractivity contribution is 7.89. The first-order chi connectivity index (χ1) is 9.62. The summed E-state index contributed by atoms with van der Waals surface area (Å²) in [4.78, 5) is 6.61. The predicted molar refractivity (Wildman–Crippen MR) is 79.3 cm³/mol. The first kappa shape index (κ1) is 15.2. The van der Waals surface area contributed by atoms with E-state index in [9.17, 15) is 8.42 Å². The first-order valence-electron chi connectivity index (χ1n) is 7.04. The Hall–Kier alpha value is -1.18. The van der Waals surface area contributed by atoms with Gasteiger partial charge in [-0.3, -0.25) is 0 Å². The fourth-order valence-corrected chi connectivity index (χ4v) is 3.32. The lowest BCUT2D eigenvalue weighted by molar-refractivity contribution is 0.344. The van der Waals surface area contributed by atoms with Crippen LogP contribution >= 0.6 is 0 Å². The van der Waals surface area contributed by atoms with Crippen molar-refractivity contribution in [2.45, 2.75) is 24.7 Å². The van der Waals surface area contributed by atoms with Crippen molar-refractivity contribution < 1.29 is 8.42 Å². The number of anilines is 1. The first-order valence-corrected chi connectivity index (χ1v) is 8.52. The Morgan fingerprint density at radius 1 is 1.35 bits per heavy atom. The molecule has 2 heterocycles. The van der Waals surface area contributed by atoms with E-state index in [1.165, 1.54) is 25.1 Å². The van der Waals surface area contributed by atoms with Crippen molar-refractivity contribution in [2.75, 3.05) is 38.0 Å². The molecule has 1 fully saturated rings. The zero-order chi connectivity index (χ0) is 14.4. The molecule has 1 aliphatic rings. The second-order valence-corrected chi connectivity index (χ2v) is 6.62. The van der Waals surface area contributed by atoms with Gasteiger partial charge in [0.1, 0.15) is 5.82 Å². The van der Waals surface area contributed by atoms with Crippen LogP contribution in [0.3, 0.4) is 0 Å². The van der Waals surface area contributed by atoms with Crippen molar-refractivity contribution in [2.24, 2.45) is 0 Å². The number of aromatic nitrogens is 1. The highest BCUT2D eigenvalue weighted by Gasteiger charge is 2.16. The van der Waals surface area contributed by atoms with Crippen molar-refractivity contribution >= 4 is 15.8 Å². The molecule has 0 aromatic carbocycles. The molecule has 0 spiro atoms. The van der Waals surface area contributed by atoms with Gasteiger partial charge in [0.15, 0.2) is 0 Å². The number of likely N-dealkylation sites (tertiary alicyclic amines) is 1. The van der Waals surface area contributed by atoms with Crippen LogP contribution in [0.1, 0.15) is 19.8 Å². The highest BCUT2D eigenvalue weighted by atomic mass is 32.2. The average molecular weight is 298 g/mol. The van der Waals surface area contributed by atoms with Gasteiger partial charge in [0.2, 0.25) is 10.0 Å². The van der Waals surface area contributed by atoms with Gasteiger partial charge in [0.05, 0.1) is 4.90 Å². The van der Waals surface area contributed by atoms with Crippen LogP contribution in [0.5, 0.6) is 0 Å². The molecule has 0 atom stereocenters. The van der Waals surface area contributed by atoms with Crippen molar-refractivity contribution in [1.82, 2.24) is 14.6 Å². The van der Waals surface area contributed by atoms with Crippen LogP contribution in [0.15, 0.2) is 23.2 Å². The van der Waals surface area contributed by atoms with E-state index in [0.29, 0.717) is 18.9 Å². The average Bonchev–Trinajstić information content (AvgIpc) is 2.92. The number of nitrogens with one attached hydrogen (secondary N) is 2. The molecule has 0 saturated carbocycles. The van der Waals surface area contributed by atoms with Crippen LogP contribution in [-0.4, -0.2) is 51.0 Å². The minimum absolute atomic E-state index is 0.255. The third-order valence-corrected chi connectivity index (χ3v) is 4.78. The van der Waals surface area contributed by atoms with Crippen molar-refractivity contribution in [3.8, 4) is 0 Å².